The minimum atomic E-state index is 0.161. The molecule has 1 aromatic heterocycles. The summed E-state index contributed by atoms with van der Waals surface area (Å²) in [4.78, 5) is 18.9. The first-order chi connectivity index (χ1) is 15.1. The molecule has 1 fully saturated rings. The first-order valence-electron chi connectivity index (χ1n) is 10.8. The summed E-state index contributed by atoms with van der Waals surface area (Å²) in [5.74, 6) is 2.63. The van der Waals surface area contributed by atoms with Gasteiger partial charge in [0.15, 0.2) is 11.8 Å². The molecule has 9 heteroatoms. The van der Waals surface area contributed by atoms with Gasteiger partial charge in [0.1, 0.15) is 5.82 Å². The number of carbonyl (C=O) groups is 1. The molecule has 9 nitrogen and oxygen atoms in total. The second-order valence-corrected chi connectivity index (χ2v) is 7.77. The van der Waals surface area contributed by atoms with E-state index in [1.807, 2.05) is 41.6 Å². The zero-order valence-electron chi connectivity index (χ0n) is 18.7. The summed E-state index contributed by atoms with van der Waals surface area (Å²) in [6, 6.07) is 10.4. The molecule has 2 aromatic rings. The van der Waals surface area contributed by atoms with Gasteiger partial charge in [-0.05, 0) is 25.3 Å². The van der Waals surface area contributed by atoms with E-state index < -0.39 is 0 Å². The number of nitrogens with one attached hydrogen (secondary N) is 2. The third kappa shape index (κ3) is 6.78. The van der Waals surface area contributed by atoms with Gasteiger partial charge in [0.2, 0.25) is 5.91 Å². The first kappa shape index (κ1) is 22.7. The summed E-state index contributed by atoms with van der Waals surface area (Å²) in [6.07, 6.45) is 2.21. The van der Waals surface area contributed by atoms with E-state index in [1.54, 1.807) is 7.11 Å². The van der Waals surface area contributed by atoms with E-state index in [4.69, 9.17) is 9.73 Å². The number of ether oxygens (including phenoxy) is 1. The Kier molecular flexibility index (Phi) is 8.40. The lowest BCUT2D eigenvalue weighted by Crippen LogP contribution is -2.49. The molecule has 3 rings (SSSR count). The number of guanidine groups is 1. The van der Waals surface area contributed by atoms with Gasteiger partial charge in [-0.15, -0.1) is 10.2 Å². The first-order valence-corrected chi connectivity index (χ1v) is 10.8. The van der Waals surface area contributed by atoms with Crippen LogP contribution >= 0.6 is 0 Å². The monoisotopic (exact) mass is 427 g/mol. The van der Waals surface area contributed by atoms with Gasteiger partial charge in [-0.1, -0.05) is 30.3 Å². The van der Waals surface area contributed by atoms with Gasteiger partial charge in [-0.2, -0.15) is 0 Å². The van der Waals surface area contributed by atoms with Crippen molar-refractivity contribution in [2.45, 2.75) is 45.3 Å². The van der Waals surface area contributed by atoms with Gasteiger partial charge in [0.25, 0.3) is 0 Å². The van der Waals surface area contributed by atoms with Crippen molar-refractivity contribution >= 4 is 11.9 Å². The molecular formula is C22H33N7O2. The molecule has 0 saturated carbocycles. The van der Waals surface area contributed by atoms with Crippen LogP contribution in [0.15, 0.2) is 35.3 Å². The number of nitrogens with zero attached hydrogens (tertiary/aromatic N) is 5. The summed E-state index contributed by atoms with van der Waals surface area (Å²) in [5, 5.41) is 15.3. The summed E-state index contributed by atoms with van der Waals surface area (Å²) in [6.45, 7) is 5.01. The highest BCUT2D eigenvalue weighted by molar-refractivity contribution is 5.80. The standard InChI is InChI=1S/C22H33N7O2/c1-17-26-27-20(28(17)2)16-24-22(23-15-18-7-5-4-6-8-18)25-19-9-12-29(13-10-19)21(30)11-14-31-3/h4-8,19H,9-16H2,1-3H3,(H2,23,24,25). The van der Waals surface area contributed by atoms with Crippen LogP contribution in [0.5, 0.6) is 0 Å². The molecule has 168 valence electrons. The smallest absolute Gasteiger partial charge is 0.224 e. The van der Waals surface area contributed by atoms with Gasteiger partial charge < -0.3 is 24.8 Å². The Balaban J connectivity index is 1.58. The maximum absolute atomic E-state index is 12.2. The molecule has 0 spiro atoms. The topological polar surface area (TPSA) is 96.7 Å². The molecule has 1 aliphatic rings. The molecule has 0 atom stereocenters. The maximum Gasteiger partial charge on any atom is 0.224 e. The van der Waals surface area contributed by atoms with Gasteiger partial charge in [-0.3, -0.25) is 4.79 Å². The van der Waals surface area contributed by atoms with E-state index in [2.05, 4.69) is 33.0 Å². The quantitative estimate of drug-likeness (QED) is 0.488. The number of aryl methyl sites for hydroxylation is 1. The normalized spacial score (nSPS) is 15.2. The second-order valence-electron chi connectivity index (χ2n) is 7.77. The van der Waals surface area contributed by atoms with Crippen LogP contribution in [0.3, 0.4) is 0 Å². The van der Waals surface area contributed by atoms with E-state index in [0.717, 1.165) is 49.1 Å². The Bertz CT molecular complexity index is 858. The van der Waals surface area contributed by atoms with Crippen LogP contribution in [-0.2, 0) is 29.7 Å². The van der Waals surface area contributed by atoms with E-state index in [0.29, 0.717) is 26.1 Å². The molecule has 31 heavy (non-hydrogen) atoms. The van der Waals surface area contributed by atoms with Crippen LogP contribution < -0.4 is 10.6 Å². The fourth-order valence-electron chi connectivity index (χ4n) is 3.49. The third-order valence-electron chi connectivity index (χ3n) is 5.57. The van der Waals surface area contributed by atoms with Crippen molar-refractivity contribution in [1.29, 1.82) is 0 Å². The molecule has 0 bridgehead atoms. The third-order valence-corrected chi connectivity index (χ3v) is 5.57. The highest BCUT2D eigenvalue weighted by Gasteiger charge is 2.23. The predicted octanol–water partition coefficient (Wildman–Crippen LogP) is 1.39. The minimum Gasteiger partial charge on any atom is -0.384 e. The molecule has 1 aliphatic heterocycles. The molecular weight excluding hydrogens is 394 g/mol. The van der Waals surface area contributed by atoms with Gasteiger partial charge in [0.05, 0.1) is 26.1 Å². The number of hydrogen-bond donors (Lipinski definition) is 2. The SMILES string of the molecule is COCCC(=O)N1CCC(NC(=NCc2ccccc2)NCc2nnc(C)n2C)CC1. The fraction of sp³-hybridized carbons (Fsp3) is 0.545. The maximum atomic E-state index is 12.2. The molecule has 1 aromatic carbocycles. The number of piperidine rings is 1. The van der Waals surface area contributed by atoms with Crippen molar-refractivity contribution in [3.05, 3.63) is 47.5 Å². The highest BCUT2D eigenvalue weighted by Crippen LogP contribution is 2.12. The van der Waals surface area contributed by atoms with E-state index >= 15 is 0 Å². The Labute approximate surface area is 183 Å². The number of aliphatic imine (C=N–C) groups is 1. The van der Waals surface area contributed by atoms with Crippen molar-refractivity contribution < 1.29 is 9.53 Å². The number of rotatable bonds is 8. The number of benzene rings is 1. The Morgan fingerprint density at radius 3 is 2.61 bits per heavy atom. The van der Waals surface area contributed by atoms with Gasteiger partial charge >= 0.3 is 0 Å². The zero-order valence-corrected chi connectivity index (χ0v) is 18.7. The lowest BCUT2D eigenvalue weighted by Gasteiger charge is -2.33. The molecule has 0 aliphatic carbocycles. The summed E-state index contributed by atoms with van der Waals surface area (Å²) >= 11 is 0. The minimum absolute atomic E-state index is 0.161. The Morgan fingerprint density at radius 1 is 1.23 bits per heavy atom. The van der Waals surface area contributed by atoms with E-state index in [1.165, 1.54) is 0 Å². The Morgan fingerprint density at radius 2 is 1.97 bits per heavy atom. The van der Waals surface area contributed by atoms with Crippen LogP contribution in [-0.4, -0.2) is 64.4 Å². The van der Waals surface area contributed by atoms with Crippen LogP contribution in [0, 0.1) is 6.92 Å². The van der Waals surface area contributed by atoms with Crippen molar-refractivity contribution in [1.82, 2.24) is 30.3 Å². The Hall–Kier alpha value is -2.94. The molecule has 0 radical (unpaired) electrons. The van der Waals surface area contributed by atoms with Crippen molar-refractivity contribution in [3.8, 4) is 0 Å². The molecule has 0 unspecified atom stereocenters. The molecule has 2 N–H and O–H groups in total. The summed E-state index contributed by atoms with van der Waals surface area (Å²) in [7, 11) is 3.58. The molecule has 1 amide bonds. The average molecular weight is 428 g/mol. The van der Waals surface area contributed by atoms with E-state index in [-0.39, 0.29) is 11.9 Å². The number of aromatic nitrogens is 3. The largest absolute Gasteiger partial charge is 0.384 e. The van der Waals surface area contributed by atoms with Crippen LogP contribution in [0.2, 0.25) is 0 Å². The van der Waals surface area contributed by atoms with Crippen LogP contribution in [0.4, 0.5) is 0 Å². The van der Waals surface area contributed by atoms with Crippen molar-refractivity contribution in [2.24, 2.45) is 12.0 Å². The van der Waals surface area contributed by atoms with Crippen molar-refractivity contribution in [2.75, 3.05) is 26.8 Å². The van der Waals surface area contributed by atoms with Gasteiger partial charge in [-0.25, -0.2) is 4.99 Å². The highest BCUT2D eigenvalue weighted by atomic mass is 16.5. The van der Waals surface area contributed by atoms with Crippen LogP contribution in [0.1, 0.15) is 36.5 Å². The lowest BCUT2D eigenvalue weighted by molar-refractivity contribution is -0.133. The van der Waals surface area contributed by atoms with Gasteiger partial charge in [0, 0.05) is 33.3 Å². The predicted molar refractivity (Wildman–Crippen MR) is 119 cm³/mol. The number of likely N-dealkylation sites (tertiary alicyclic amines) is 1. The summed E-state index contributed by atoms with van der Waals surface area (Å²) in [5.41, 5.74) is 1.15. The summed E-state index contributed by atoms with van der Waals surface area (Å²) < 4.78 is 6.98. The molecule has 2 heterocycles. The second kappa shape index (κ2) is 11.5. The average Bonchev–Trinajstić information content (AvgIpc) is 3.12. The van der Waals surface area contributed by atoms with E-state index in [9.17, 15) is 4.79 Å². The lowest BCUT2D eigenvalue weighted by atomic mass is 10.0. The number of hydrogen-bond acceptors (Lipinski definition) is 5. The zero-order chi connectivity index (χ0) is 22.1. The fourth-order valence-corrected chi connectivity index (χ4v) is 3.49. The number of carbonyl (C=O) groups excluding carboxylic acids is 1. The molecule has 1 saturated heterocycles. The van der Waals surface area contributed by atoms with Crippen LogP contribution in [0.25, 0.3) is 0 Å². The number of amides is 1. The number of methoxy groups -OCH3 is 1. The van der Waals surface area contributed by atoms with Crippen molar-refractivity contribution in [3.63, 3.8) is 0 Å².